The Morgan fingerprint density at radius 2 is 2.12 bits per heavy atom. The van der Waals surface area contributed by atoms with Crippen LogP contribution in [-0.2, 0) is 4.84 Å². The van der Waals surface area contributed by atoms with E-state index in [0.717, 1.165) is 0 Å². The van der Waals surface area contributed by atoms with Gasteiger partial charge in [-0.1, -0.05) is 0 Å². The first-order valence-electron chi connectivity index (χ1n) is 4.39. The van der Waals surface area contributed by atoms with E-state index in [1.54, 1.807) is 19.0 Å². The predicted octanol–water partition coefficient (Wildman–Crippen LogP) is -0.187. The maximum atomic E-state index is 8.38. The molecule has 0 aliphatic rings. The van der Waals surface area contributed by atoms with Gasteiger partial charge in [-0.15, -0.1) is 0 Å². The molecule has 1 aromatic rings. The molecule has 0 bridgehead atoms. The Bertz CT molecular complexity index is 389. The Hall–Kier alpha value is -2.14. The highest BCUT2D eigenvalue weighted by Crippen LogP contribution is 2.12. The topological polar surface area (TPSA) is 96.2 Å². The highest BCUT2D eigenvalue weighted by molar-refractivity contribution is 5.35. The van der Waals surface area contributed by atoms with Gasteiger partial charge in [-0.2, -0.15) is 20.2 Å². The Morgan fingerprint density at radius 1 is 1.38 bits per heavy atom. The average Bonchev–Trinajstić information content (AvgIpc) is 2.26. The Labute approximate surface area is 92.8 Å². The zero-order valence-corrected chi connectivity index (χ0v) is 9.26. The third-order valence-corrected chi connectivity index (χ3v) is 1.46. The summed E-state index contributed by atoms with van der Waals surface area (Å²) in [5, 5.41) is 8.38. The molecule has 0 aliphatic heterocycles. The van der Waals surface area contributed by atoms with Gasteiger partial charge in [0.05, 0.1) is 7.11 Å². The van der Waals surface area contributed by atoms with E-state index >= 15 is 0 Å². The van der Waals surface area contributed by atoms with Crippen LogP contribution in [-0.4, -0.2) is 42.8 Å². The van der Waals surface area contributed by atoms with Gasteiger partial charge in [0.2, 0.25) is 5.95 Å². The van der Waals surface area contributed by atoms with Crippen molar-refractivity contribution in [1.82, 2.24) is 15.0 Å². The number of ether oxygens (including phenoxy) is 1. The lowest BCUT2D eigenvalue weighted by atomic mass is 10.7. The number of anilines is 2. The van der Waals surface area contributed by atoms with Crippen molar-refractivity contribution in [3.8, 4) is 12.1 Å². The second kappa shape index (κ2) is 5.67. The zero-order valence-electron chi connectivity index (χ0n) is 9.26. The largest absolute Gasteiger partial charge is 0.448 e. The molecule has 0 aromatic carbocycles. The van der Waals surface area contributed by atoms with E-state index in [-0.39, 0.29) is 18.6 Å². The first kappa shape index (κ1) is 11.9. The van der Waals surface area contributed by atoms with Crippen molar-refractivity contribution in [3.63, 3.8) is 0 Å². The van der Waals surface area contributed by atoms with Gasteiger partial charge < -0.3 is 9.64 Å². The molecule has 0 spiro atoms. The van der Waals surface area contributed by atoms with Gasteiger partial charge in [0, 0.05) is 14.1 Å². The van der Waals surface area contributed by atoms with Crippen LogP contribution in [0.5, 0.6) is 6.01 Å². The summed E-state index contributed by atoms with van der Waals surface area (Å²) < 4.78 is 4.99. The lowest BCUT2D eigenvalue weighted by Gasteiger charge is -2.12. The van der Waals surface area contributed by atoms with Gasteiger partial charge in [0.25, 0.3) is 5.95 Å². The van der Waals surface area contributed by atoms with E-state index in [1.807, 2.05) is 6.07 Å². The molecule has 86 valence electrons. The number of nitrogens with one attached hydrogen (secondary N) is 1. The maximum Gasteiger partial charge on any atom is 0.324 e. The molecule has 0 radical (unpaired) electrons. The predicted molar refractivity (Wildman–Crippen MR) is 55.9 cm³/mol. The van der Waals surface area contributed by atoms with Crippen molar-refractivity contribution < 1.29 is 9.57 Å². The molecule has 1 N–H and O–H groups in total. The fraction of sp³-hybridized carbons (Fsp3) is 0.500. The molecule has 0 fully saturated rings. The van der Waals surface area contributed by atoms with Crippen LogP contribution in [0.4, 0.5) is 11.9 Å². The number of aromatic nitrogens is 3. The lowest BCUT2D eigenvalue weighted by molar-refractivity contribution is 0.264. The molecule has 8 heteroatoms. The van der Waals surface area contributed by atoms with Crippen molar-refractivity contribution >= 4 is 11.9 Å². The van der Waals surface area contributed by atoms with Crippen molar-refractivity contribution in [2.24, 2.45) is 0 Å². The highest BCUT2D eigenvalue weighted by atomic mass is 16.6. The third-order valence-electron chi connectivity index (χ3n) is 1.46. The monoisotopic (exact) mass is 224 g/mol. The molecule has 0 unspecified atom stereocenters. The zero-order chi connectivity index (χ0) is 12.0. The van der Waals surface area contributed by atoms with Crippen molar-refractivity contribution in [2.45, 2.75) is 0 Å². The highest BCUT2D eigenvalue weighted by Gasteiger charge is 2.08. The summed E-state index contributed by atoms with van der Waals surface area (Å²) in [4.78, 5) is 18.3. The quantitative estimate of drug-likeness (QED) is 0.687. The van der Waals surface area contributed by atoms with Gasteiger partial charge in [-0.3, -0.25) is 4.84 Å². The Morgan fingerprint density at radius 3 is 2.69 bits per heavy atom. The average molecular weight is 224 g/mol. The molecule has 0 saturated carbocycles. The maximum absolute atomic E-state index is 8.38. The van der Waals surface area contributed by atoms with Crippen LogP contribution < -0.4 is 15.1 Å². The summed E-state index contributed by atoms with van der Waals surface area (Å²) in [7, 11) is 4.99. The molecule has 0 saturated heterocycles. The van der Waals surface area contributed by atoms with Gasteiger partial charge in [-0.25, -0.2) is 5.48 Å². The van der Waals surface area contributed by atoms with Crippen LogP contribution in [0.1, 0.15) is 0 Å². The van der Waals surface area contributed by atoms with Gasteiger partial charge >= 0.3 is 6.01 Å². The molecule has 1 rings (SSSR count). The van der Waals surface area contributed by atoms with E-state index in [4.69, 9.17) is 10.00 Å². The smallest absolute Gasteiger partial charge is 0.324 e. The lowest BCUT2D eigenvalue weighted by Crippen LogP contribution is -2.16. The second-order valence-electron chi connectivity index (χ2n) is 2.89. The molecule has 16 heavy (non-hydrogen) atoms. The van der Waals surface area contributed by atoms with Gasteiger partial charge in [-0.05, 0) is 0 Å². The molecular formula is C8H12N6O2. The fourth-order valence-corrected chi connectivity index (χ4v) is 0.844. The van der Waals surface area contributed by atoms with Crippen LogP contribution in [0.2, 0.25) is 0 Å². The van der Waals surface area contributed by atoms with Crippen LogP contribution in [0.15, 0.2) is 0 Å². The molecule has 8 nitrogen and oxygen atoms in total. The summed E-state index contributed by atoms with van der Waals surface area (Å²) in [5.41, 5.74) is 2.47. The van der Waals surface area contributed by atoms with E-state index < -0.39 is 0 Å². The summed E-state index contributed by atoms with van der Waals surface area (Å²) in [6.07, 6.45) is 0. The van der Waals surface area contributed by atoms with Crippen molar-refractivity contribution in [3.05, 3.63) is 0 Å². The third kappa shape index (κ3) is 3.21. The number of hydrogen-bond acceptors (Lipinski definition) is 8. The van der Waals surface area contributed by atoms with E-state index in [2.05, 4.69) is 25.3 Å². The van der Waals surface area contributed by atoms with Crippen LogP contribution >= 0.6 is 0 Å². The van der Waals surface area contributed by atoms with Crippen LogP contribution in [0.3, 0.4) is 0 Å². The first-order chi connectivity index (χ1) is 7.67. The van der Waals surface area contributed by atoms with Crippen LogP contribution in [0.25, 0.3) is 0 Å². The normalized spacial score (nSPS) is 9.38. The molecule has 0 atom stereocenters. The van der Waals surface area contributed by atoms with Gasteiger partial charge in [0.15, 0.2) is 6.61 Å². The summed E-state index contributed by atoms with van der Waals surface area (Å²) >= 11 is 0. The molecule has 0 amide bonds. The number of rotatable bonds is 5. The minimum atomic E-state index is -0.122. The Kier molecular flexibility index (Phi) is 4.23. The Balaban J connectivity index is 2.94. The van der Waals surface area contributed by atoms with Gasteiger partial charge in [0.1, 0.15) is 6.07 Å². The van der Waals surface area contributed by atoms with E-state index in [1.165, 1.54) is 7.11 Å². The fourth-order valence-electron chi connectivity index (χ4n) is 0.844. The first-order valence-corrected chi connectivity index (χ1v) is 4.39. The molecular weight excluding hydrogens is 212 g/mol. The minimum absolute atomic E-state index is 0.0693. The number of nitrogens with zero attached hydrogens (tertiary/aromatic N) is 5. The van der Waals surface area contributed by atoms with E-state index in [0.29, 0.717) is 5.95 Å². The molecule has 0 aliphatic carbocycles. The summed E-state index contributed by atoms with van der Waals surface area (Å²) in [6, 6.07) is 1.90. The molecule has 1 heterocycles. The SMILES string of the molecule is CONc1nc(OCC#N)nc(N(C)C)n1. The number of nitriles is 1. The number of hydrogen-bond donors (Lipinski definition) is 1. The summed E-state index contributed by atoms with van der Waals surface area (Å²) in [5.74, 6) is 0.622. The second-order valence-corrected chi connectivity index (χ2v) is 2.89. The van der Waals surface area contributed by atoms with Crippen molar-refractivity contribution in [2.75, 3.05) is 38.2 Å². The van der Waals surface area contributed by atoms with Crippen LogP contribution in [0, 0.1) is 11.3 Å². The standard InChI is InChI=1S/C8H12N6O2/c1-14(2)7-10-6(13-15-3)11-8(12-7)16-5-4-9/h5H2,1-3H3,(H,10,11,12,13). The van der Waals surface area contributed by atoms with Crippen molar-refractivity contribution in [1.29, 1.82) is 5.26 Å². The summed E-state index contributed by atoms with van der Waals surface area (Å²) in [6.45, 7) is -0.122. The molecule has 1 aromatic heterocycles. The van der Waals surface area contributed by atoms with E-state index in [9.17, 15) is 0 Å². The minimum Gasteiger partial charge on any atom is -0.448 e.